The van der Waals surface area contributed by atoms with Gasteiger partial charge in [-0.05, 0) is 28.1 Å². The van der Waals surface area contributed by atoms with Crippen LogP contribution in [0.5, 0.6) is 0 Å². The summed E-state index contributed by atoms with van der Waals surface area (Å²) in [5, 5.41) is 3.89. The fourth-order valence-electron chi connectivity index (χ4n) is 1.54. The van der Waals surface area contributed by atoms with E-state index in [0.717, 1.165) is 0 Å². The normalized spacial score (nSPS) is 20.4. The van der Waals surface area contributed by atoms with Crippen molar-refractivity contribution in [3.05, 3.63) is 34.1 Å². The van der Waals surface area contributed by atoms with E-state index in [1.807, 2.05) is 0 Å². The monoisotopic (exact) mass is 335 g/mol. The SMILES string of the molecule is CS(=O)OCC1CC(c2ccc(Br)c(F)c2)=NO1. The zero-order valence-electron chi connectivity index (χ0n) is 9.56. The van der Waals surface area contributed by atoms with Crippen molar-refractivity contribution in [1.82, 2.24) is 0 Å². The molecule has 0 bridgehead atoms. The summed E-state index contributed by atoms with van der Waals surface area (Å²) in [6.07, 6.45) is 1.69. The predicted molar refractivity (Wildman–Crippen MR) is 70.1 cm³/mol. The molecule has 2 atom stereocenters. The number of oxime groups is 1. The molecule has 1 aromatic rings. The molecule has 98 valence electrons. The molecule has 0 N–H and O–H groups in total. The van der Waals surface area contributed by atoms with E-state index >= 15 is 0 Å². The summed E-state index contributed by atoms with van der Waals surface area (Å²) < 4.78 is 29.5. The lowest BCUT2D eigenvalue weighted by Gasteiger charge is -2.06. The second-order valence-corrected chi connectivity index (χ2v) is 5.68. The summed E-state index contributed by atoms with van der Waals surface area (Å²) in [5.41, 5.74) is 1.34. The molecule has 0 amide bonds. The fourth-order valence-corrected chi connectivity index (χ4v) is 2.13. The standard InChI is InChI=1S/C11H11BrFNO3S/c1-18(15)16-6-8-5-11(14-17-8)7-2-3-9(12)10(13)4-7/h2-4,8H,5-6H2,1H3. The van der Waals surface area contributed by atoms with E-state index in [0.29, 0.717) is 22.2 Å². The number of benzene rings is 1. The third-order valence-corrected chi connectivity index (χ3v) is 3.52. The van der Waals surface area contributed by atoms with Crippen molar-refractivity contribution >= 4 is 32.7 Å². The Morgan fingerprint density at radius 2 is 2.44 bits per heavy atom. The third kappa shape index (κ3) is 3.37. The van der Waals surface area contributed by atoms with Gasteiger partial charge in [-0.15, -0.1) is 0 Å². The molecule has 0 fully saturated rings. The number of hydrogen-bond acceptors (Lipinski definition) is 4. The molecule has 2 rings (SSSR count). The minimum atomic E-state index is -1.32. The second kappa shape index (κ2) is 5.90. The van der Waals surface area contributed by atoms with Crippen molar-refractivity contribution in [1.29, 1.82) is 0 Å². The van der Waals surface area contributed by atoms with Crippen molar-refractivity contribution in [2.75, 3.05) is 12.9 Å². The average molecular weight is 336 g/mol. The highest BCUT2D eigenvalue weighted by molar-refractivity contribution is 9.10. The lowest BCUT2D eigenvalue weighted by molar-refractivity contribution is 0.0513. The van der Waals surface area contributed by atoms with E-state index in [1.165, 1.54) is 12.3 Å². The molecule has 1 aromatic carbocycles. The van der Waals surface area contributed by atoms with Crippen LogP contribution in [0.2, 0.25) is 0 Å². The van der Waals surface area contributed by atoms with Crippen LogP contribution < -0.4 is 0 Å². The Kier molecular flexibility index (Phi) is 4.47. The smallest absolute Gasteiger partial charge is 0.157 e. The summed E-state index contributed by atoms with van der Waals surface area (Å²) in [5.74, 6) is -0.343. The van der Waals surface area contributed by atoms with Crippen molar-refractivity contribution in [2.24, 2.45) is 5.16 Å². The summed E-state index contributed by atoms with van der Waals surface area (Å²) in [6, 6.07) is 4.78. The molecule has 0 aromatic heterocycles. The largest absolute Gasteiger partial charge is 0.389 e. The van der Waals surface area contributed by atoms with Gasteiger partial charge in [-0.1, -0.05) is 11.2 Å². The van der Waals surface area contributed by atoms with Crippen LogP contribution in [-0.4, -0.2) is 28.9 Å². The van der Waals surface area contributed by atoms with E-state index < -0.39 is 11.1 Å². The van der Waals surface area contributed by atoms with E-state index in [-0.39, 0.29) is 18.5 Å². The average Bonchev–Trinajstić information content (AvgIpc) is 2.79. The number of halogens is 2. The van der Waals surface area contributed by atoms with E-state index in [9.17, 15) is 8.60 Å². The number of nitrogens with zero attached hydrogens (tertiary/aromatic N) is 1. The van der Waals surface area contributed by atoms with Gasteiger partial charge in [0.1, 0.15) is 12.4 Å². The van der Waals surface area contributed by atoms with Gasteiger partial charge in [0.05, 0.1) is 10.2 Å². The van der Waals surface area contributed by atoms with Gasteiger partial charge in [0.15, 0.2) is 17.2 Å². The zero-order chi connectivity index (χ0) is 13.1. The second-order valence-electron chi connectivity index (χ2n) is 3.78. The first kappa shape index (κ1) is 13.6. The molecule has 0 radical (unpaired) electrons. The maximum atomic E-state index is 13.4. The van der Waals surface area contributed by atoms with Gasteiger partial charge in [-0.3, -0.25) is 4.18 Å². The van der Waals surface area contributed by atoms with Gasteiger partial charge in [0.25, 0.3) is 0 Å². The Hall–Kier alpha value is -0.790. The van der Waals surface area contributed by atoms with Crippen LogP contribution in [0.4, 0.5) is 4.39 Å². The number of hydrogen-bond donors (Lipinski definition) is 0. The summed E-state index contributed by atoms with van der Waals surface area (Å²) >= 11 is 1.77. The molecule has 18 heavy (non-hydrogen) atoms. The van der Waals surface area contributed by atoms with E-state index in [2.05, 4.69) is 21.1 Å². The summed E-state index contributed by atoms with van der Waals surface area (Å²) in [4.78, 5) is 5.13. The van der Waals surface area contributed by atoms with Crippen LogP contribution >= 0.6 is 15.9 Å². The van der Waals surface area contributed by atoms with Crippen LogP contribution in [0.25, 0.3) is 0 Å². The molecule has 1 aliphatic rings. The molecule has 0 spiro atoms. The van der Waals surface area contributed by atoms with Crippen LogP contribution in [0, 0.1) is 5.82 Å². The number of rotatable bonds is 4. The quantitative estimate of drug-likeness (QED) is 0.848. The van der Waals surface area contributed by atoms with Gasteiger partial charge in [0.2, 0.25) is 0 Å². The van der Waals surface area contributed by atoms with Gasteiger partial charge < -0.3 is 4.84 Å². The van der Waals surface area contributed by atoms with Gasteiger partial charge in [-0.25, -0.2) is 8.60 Å². The lowest BCUT2D eigenvalue weighted by atomic mass is 10.1. The summed E-state index contributed by atoms with van der Waals surface area (Å²) in [7, 11) is 0. The molecule has 1 heterocycles. The van der Waals surface area contributed by atoms with Crippen molar-refractivity contribution in [2.45, 2.75) is 12.5 Å². The van der Waals surface area contributed by atoms with Crippen molar-refractivity contribution < 1.29 is 17.6 Å². The highest BCUT2D eigenvalue weighted by Crippen LogP contribution is 2.21. The van der Waals surface area contributed by atoms with Gasteiger partial charge in [-0.2, -0.15) is 0 Å². The predicted octanol–water partition coefficient (Wildman–Crippen LogP) is 2.39. The van der Waals surface area contributed by atoms with Crippen molar-refractivity contribution in [3.63, 3.8) is 0 Å². The van der Waals surface area contributed by atoms with E-state index in [4.69, 9.17) is 9.02 Å². The molecule has 0 saturated carbocycles. The fraction of sp³-hybridized carbons (Fsp3) is 0.364. The zero-order valence-corrected chi connectivity index (χ0v) is 12.0. The first-order valence-electron chi connectivity index (χ1n) is 5.21. The topological polar surface area (TPSA) is 47.9 Å². The maximum absolute atomic E-state index is 13.4. The van der Waals surface area contributed by atoms with Crippen LogP contribution in [-0.2, 0) is 20.1 Å². The molecular weight excluding hydrogens is 325 g/mol. The van der Waals surface area contributed by atoms with E-state index in [1.54, 1.807) is 12.1 Å². The molecule has 0 saturated heterocycles. The first-order chi connectivity index (χ1) is 8.56. The highest BCUT2D eigenvalue weighted by atomic mass is 79.9. The lowest BCUT2D eigenvalue weighted by Crippen LogP contribution is -2.16. The molecule has 2 unspecified atom stereocenters. The minimum Gasteiger partial charge on any atom is -0.389 e. The third-order valence-electron chi connectivity index (χ3n) is 2.41. The Labute approximate surface area is 115 Å². The van der Waals surface area contributed by atoms with Crippen LogP contribution in [0.3, 0.4) is 0 Å². The Bertz CT molecular complexity index is 509. The van der Waals surface area contributed by atoms with Gasteiger partial charge in [0, 0.05) is 18.2 Å². The minimum absolute atomic E-state index is 0.203. The Morgan fingerprint density at radius 1 is 1.67 bits per heavy atom. The van der Waals surface area contributed by atoms with Crippen LogP contribution in [0.15, 0.2) is 27.8 Å². The summed E-state index contributed by atoms with van der Waals surface area (Å²) in [6.45, 7) is 0.203. The molecular formula is C11H11BrFNO3S. The van der Waals surface area contributed by atoms with Gasteiger partial charge >= 0.3 is 0 Å². The molecule has 4 nitrogen and oxygen atoms in total. The van der Waals surface area contributed by atoms with Crippen molar-refractivity contribution in [3.8, 4) is 0 Å². The Balaban J connectivity index is 1.99. The molecule has 7 heteroatoms. The Morgan fingerprint density at radius 3 is 3.11 bits per heavy atom. The molecule has 0 aliphatic carbocycles. The van der Waals surface area contributed by atoms with Crippen LogP contribution in [0.1, 0.15) is 12.0 Å². The maximum Gasteiger partial charge on any atom is 0.157 e. The highest BCUT2D eigenvalue weighted by Gasteiger charge is 2.23. The molecule has 1 aliphatic heterocycles. The first-order valence-corrected chi connectivity index (χ1v) is 7.48.